The van der Waals surface area contributed by atoms with Gasteiger partial charge in [0.25, 0.3) is 11.7 Å². The number of hydrogen-bond acceptors (Lipinski definition) is 4. The van der Waals surface area contributed by atoms with Gasteiger partial charge in [0.05, 0.1) is 17.8 Å². The van der Waals surface area contributed by atoms with Gasteiger partial charge in [-0.2, -0.15) is 4.98 Å². The van der Waals surface area contributed by atoms with Crippen LogP contribution in [0.4, 0.5) is 5.82 Å². The van der Waals surface area contributed by atoms with Gasteiger partial charge in [0, 0.05) is 7.05 Å². The molecule has 0 bridgehead atoms. The minimum absolute atomic E-state index is 0.113. The maximum absolute atomic E-state index is 12.4. The van der Waals surface area contributed by atoms with Crippen molar-refractivity contribution in [2.75, 3.05) is 14.1 Å². The summed E-state index contributed by atoms with van der Waals surface area (Å²) in [6, 6.07) is 7.18. The van der Waals surface area contributed by atoms with Gasteiger partial charge in [-0.1, -0.05) is 16.8 Å². The molecule has 21 heavy (non-hydrogen) atoms. The second-order valence-corrected chi connectivity index (χ2v) is 5.20. The van der Waals surface area contributed by atoms with E-state index in [0.29, 0.717) is 23.4 Å². The number of carbonyl (C=O) groups is 2. The van der Waals surface area contributed by atoms with Crippen LogP contribution in [-0.2, 0) is 11.3 Å². The molecule has 0 spiro atoms. The zero-order chi connectivity index (χ0) is 15.2. The first-order chi connectivity index (χ1) is 9.95. The molecule has 7 nitrogen and oxygen atoms in total. The molecule has 1 aromatic heterocycles. The number of para-hydroxylation sites is 1. The molecule has 1 aliphatic rings. The summed E-state index contributed by atoms with van der Waals surface area (Å²) in [5, 5.41) is 10.1. The predicted octanol–water partition coefficient (Wildman–Crippen LogP) is 0.941. The van der Waals surface area contributed by atoms with Crippen molar-refractivity contribution in [1.82, 2.24) is 19.1 Å². The van der Waals surface area contributed by atoms with E-state index in [1.54, 1.807) is 23.7 Å². The van der Waals surface area contributed by atoms with E-state index in [9.17, 15) is 14.8 Å². The molecule has 1 aromatic carbocycles. The molecule has 0 fully saturated rings. The number of nitrogens with zero attached hydrogens (tertiary/aromatic N) is 4. The molecule has 108 valence electrons. The highest BCUT2D eigenvalue weighted by molar-refractivity contribution is 5.98. The van der Waals surface area contributed by atoms with Crippen LogP contribution in [0.1, 0.15) is 16.1 Å². The number of fused-ring (bicyclic) bond motifs is 3. The summed E-state index contributed by atoms with van der Waals surface area (Å²) in [6.07, 6.45) is 1.91. The number of hydroxylamine groups is 2. The number of hydrogen-bond donors (Lipinski definition) is 1. The minimum atomic E-state index is -0.980. The molecule has 3 rings (SSSR count). The van der Waals surface area contributed by atoms with Crippen molar-refractivity contribution < 1.29 is 14.8 Å². The van der Waals surface area contributed by atoms with Crippen molar-refractivity contribution in [2.24, 2.45) is 0 Å². The van der Waals surface area contributed by atoms with E-state index in [0.717, 1.165) is 0 Å². The van der Waals surface area contributed by atoms with Crippen molar-refractivity contribution in [3.8, 4) is 5.69 Å². The second kappa shape index (κ2) is 4.51. The van der Waals surface area contributed by atoms with Crippen LogP contribution in [0.15, 0.2) is 30.6 Å². The summed E-state index contributed by atoms with van der Waals surface area (Å²) in [7, 11) is 3.00. The molecule has 0 aliphatic carbocycles. The standard InChI is InChI=1S/C14H15N4O3/c1-16-7-12-13(18(2,21)9-19)15-8-17(12)11-6-4-3-5-10(11)14(16)20/h3-6,8-9,21H,7H2,1-2H3/q+1. The normalized spacial score (nSPS) is 16.7. The fourth-order valence-electron chi connectivity index (χ4n) is 2.51. The largest absolute Gasteiger partial charge is 0.339 e. The first kappa shape index (κ1) is 13.5. The van der Waals surface area contributed by atoms with E-state index in [1.807, 2.05) is 12.1 Å². The molecule has 2 aromatic rings. The van der Waals surface area contributed by atoms with E-state index >= 15 is 0 Å². The Labute approximate surface area is 121 Å². The lowest BCUT2D eigenvalue weighted by atomic mass is 10.1. The smallest absolute Gasteiger partial charge is 0.335 e. The number of benzene rings is 1. The average Bonchev–Trinajstić information content (AvgIpc) is 2.86. The summed E-state index contributed by atoms with van der Waals surface area (Å²) in [4.78, 5) is 29.2. The quantitative estimate of drug-likeness (QED) is 0.386. The van der Waals surface area contributed by atoms with Gasteiger partial charge >= 0.3 is 6.41 Å². The number of amides is 2. The summed E-state index contributed by atoms with van der Waals surface area (Å²) in [6.45, 7) is 0.255. The van der Waals surface area contributed by atoms with Gasteiger partial charge in [0.1, 0.15) is 19.1 Å². The van der Waals surface area contributed by atoms with Crippen LogP contribution in [0.2, 0.25) is 0 Å². The van der Waals surface area contributed by atoms with Gasteiger partial charge in [0.15, 0.2) is 0 Å². The number of rotatable bonds is 2. The van der Waals surface area contributed by atoms with E-state index in [2.05, 4.69) is 4.98 Å². The SMILES string of the molecule is CN1Cc2c([N+](C)(O)C=O)ncn2-c2ccccc2C1=O. The van der Waals surface area contributed by atoms with E-state index in [-0.39, 0.29) is 18.3 Å². The number of carbonyl (C=O) groups excluding carboxylic acids is 2. The van der Waals surface area contributed by atoms with Crippen molar-refractivity contribution in [3.05, 3.63) is 41.9 Å². The monoisotopic (exact) mass is 287 g/mol. The van der Waals surface area contributed by atoms with Crippen LogP contribution < -0.4 is 4.65 Å². The molecular weight excluding hydrogens is 272 g/mol. The first-order valence-corrected chi connectivity index (χ1v) is 6.42. The predicted molar refractivity (Wildman–Crippen MR) is 74.9 cm³/mol. The lowest BCUT2D eigenvalue weighted by Gasteiger charge is -2.18. The fraction of sp³-hybridized carbons (Fsp3) is 0.214. The molecule has 1 atom stereocenters. The van der Waals surface area contributed by atoms with Gasteiger partial charge in [0.2, 0.25) is 0 Å². The molecule has 7 heteroatoms. The van der Waals surface area contributed by atoms with Crippen LogP contribution in [0.5, 0.6) is 0 Å². The van der Waals surface area contributed by atoms with Crippen molar-refractivity contribution in [2.45, 2.75) is 6.54 Å². The highest BCUT2D eigenvalue weighted by atomic mass is 16.6. The lowest BCUT2D eigenvalue weighted by molar-refractivity contribution is -0.141. The van der Waals surface area contributed by atoms with E-state index in [4.69, 9.17) is 0 Å². The van der Waals surface area contributed by atoms with Crippen molar-refractivity contribution >= 4 is 18.1 Å². The molecular formula is C14H15N4O3+. The number of quaternary nitrogens is 1. The molecule has 1 N–H and O–H groups in total. The van der Waals surface area contributed by atoms with Gasteiger partial charge < -0.3 is 4.90 Å². The third kappa shape index (κ3) is 1.94. The topological polar surface area (TPSA) is 75.4 Å². The van der Waals surface area contributed by atoms with Gasteiger partial charge in [-0.15, -0.1) is 0 Å². The van der Waals surface area contributed by atoms with Crippen LogP contribution in [-0.4, -0.2) is 46.1 Å². The Kier molecular flexibility index (Phi) is 2.89. The Hall–Kier alpha value is -2.51. The van der Waals surface area contributed by atoms with Crippen molar-refractivity contribution in [1.29, 1.82) is 0 Å². The Bertz CT molecular complexity index is 736. The first-order valence-electron chi connectivity index (χ1n) is 6.42. The zero-order valence-corrected chi connectivity index (χ0v) is 11.7. The maximum Gasteiger partial charge on any atom is 0.339 e. The number of aromatic nitrogens is 2. The van der Waals surface area contributed by atoms with Gasteiger partial charge in [-0.3, -0.25) is 9.36 Å². The molecule has 0 saturated heterocycles. The summed E-state index contributed by atoms with van der Waals surface area (Å²) in [5.41, 5.74) is 1.85. The Morgan fingerprint density at radius 2 is 2.10 bits per heavy atom. The number of imidazole rings is 1. The fourth-order valence-corrected chi connectivity index (χ4v) is 2.51. The molecule has 2 amide bonds. The van der Waals surface area contributed by atoms with Crippen LogP contribution >= 0.6 is 0 Å². The van der Waals surface area contributed by atoms with Gasteiger partial charge in [-0.05, 0) is 12.1 Å². The van der Waals surface area contributed by atoms with Crippen LogP contribution in [0, 0.1) is 0 Å². The molecule has 0 radical (unpaired) electrons. The van der Waals surface area contributed by atoms with E-state index in [1.165, 1.54) is 18.3 Å². The summed E-state index contributed by atoms with van der Waals surface area (Å²) < 4.78 is 0.759. The maximum atomic E-state index is 12.4. The molecule has 1 aliphatic heterocycles. The summed E-state index contributed by atoms with van der Waals surface area (Å²) in [5.74, 6) is 0.0971. The molecule has 1 unspecified atom stereocenters. The van der Waals surface area contributed by atoms with Gasteiger partial charge in [-0.25, -0.2) is 10.0 Å². The Morgan fingerprint density at radius 1 is 1.38 bits per heavy atom. The lowest BCUT2D eigenvalue weighted by Crippen LogP contribution is -2.41. The Balaban J connectivity index is 2.28. The highest BCUT2D eigenvalue weighted by Crippen LogP contribution is 2.30. The Morgan fingerprint density at radius 3 is 2.81 bits per heavy atom. The van der Waals surface area contributed by atoms with Crippen LogP contribution in [0.3, 0.4) is 0 Å². The van der Waals surface area contributed by atoms with E-state index < -0.39 is 4.65 Å². The van der Waals surface area contributed by atoms with Crippen LogP contribution in [0.25, 0.3) is 5.69 Å². The second-order valence-electron chi connectivity index (χ2n) is 5.20. The molecule has 2 heterocycles. The molecule has 0 saturated carbocycles. The third-order valence-electron chi connectivity index (χ3n) is 3.61. The third-order valence-corrected chi connectivity index (χ3v) is 3.61. The minimum Gasteiger partial charge on any atom is -0.335 e. The average molecular weight is 287 g/mol. The van der Waals surface area contributed by atoms with Crippen molar-refractivity contribution in [3.63, 3.8) is 0 Å². The highest BCUT2D eigenvalue weighted by Gasteiger charge is 2.35. The summed E-state index contributed by atoms with van der Waals surface area (Å²) >= 11 is 0. The zero-order valence-electron chi connectivity index (χ0n) is 11.7.